The van der Waals surface area contributed by atoms with Crippen molar-refractivity contribution in [1.82, 2.24) is 15.3 Å². The number of piperidine rings is 1. The van der Waals surface area contributed by atoms with E-state index in [1.807, 2.05) is 12.3 Å². The van der Waals surface area contributed by atoms with E-state index < -0.39 is 0 Å². The van der Waals surface area contributed by atoms with E-state index in [1.165, 1.54) is 18.5 Å². The van der Waals surface area contributed by atoms with Gasteiger partial charge in [-0.3, -0.25) is 0 Å². The number of rotatable bonds is 1. The van der Waals surface area contributed by atoms with Gasteiger partial charge in [-0.2, -0.15) is 0 Å². The van der Waals surface area contributed by atoms with Crippen molar-refractivity contribution in [3.8, 4) is 0 Å². The monoisotopic (exact) mass is 163 g/mol. The molecule has 12 heavy (non-hydrogen) atoms. The molecule has 1 fully saturated rings. The molecule has 0 spiro atoms. The molecule has 64 valence electrons. The first-order chi connectivity index (χ1) is 5.97. The van der Waals surface area contributed by atoms with Crippen LogP contribution in [0.4, 0.5) is 0 Å². The van der Waals surface area contributed by atoms with Gasteiger partial charge in [0.2, 0.25) is 0 Å². The number of nitrogens with zero attached hydrogens (tertiary/aromatic N) is 2. The van der Waals surface area contributed by atoms with Gasteiger partial charge in [-0.15, -0.1) is 0 Å². The van der Waals surface area contributed by atoms with Crippen LogP contribution in [0.25, 0.3) is 0 Å². The molecule has 0 saturated carbocycles. The van der Waals surface area contributed by atoms with E-state index in [4.69, 9.17) is 0 Å². The van der Waals surface area contributed by atoms with E-state index in [1.54, 1.807) is 6.33 Å². The van der Waals surface area contributed by atoms with E-state index >= 15 is 0 Å². The molecule has 1 saturated heterocycles. The Kier molecular flexibility index (Phi) is 2.32. The van der Waals surface area contributed by atoms with Crippen LogP contribution in [-0.4, -0.2) is 23.1 Å². The molecule has 0 bridgehead atoms. The van der Waals surface area contributed by atoms with Crippen LogP contribution in [0.2, 0.25) is 0 Å². The second-order valence-corrected chi connectivity index (χ2v) is 3.18. The second kappa shape index (κ2) is 3.63. The van der Waals surface area contributed by atoms with Gasteiger partial charge in [-0.25, -0.2) is 9.97 Å². The lowest BCUT2D eigenvalue weighted by atomic mass is 9.96. The van der Waals surface area contributed by atoms with Gasteiger partial charge in [0, 0.05) is 24.4 Å². The summed E-state index contributed by atoms with van der Waals surface area (Å²) >= 11 is 0. The highest BCUT2D eigenvalue weighted by molar-refractivity contribution is 5.07. The third kappa shape index (κ3) is 1.61. The van der Waals surface area contributed by atoms with Gasteiger partial charge in [0.05, 0.1) is 0 Å². The molecule has 1 aromatic heterocycles. The van der Waals surface area contributed by atoms with E-state index in [0.717, 1.165) is 13.1 Å². The fraction of sp³-hybridized carbons (Fsp3) is 0.556. The van der Waals surface area contributed by atoms with Crippen LogP contribution in [-0.2, 0) is 0 Å². The van der Waals surface area contributed by atoms with Crippen molar-refractivity contribution < 1.29 is 0 Å². The van der Waals surface area contributed by atoms with Crippen molar-refractivity contribution in [2.24, 2.45) is 0 Å². The standard InChI is InChI=1S/C9H13N3/c1-2-8(6-10-4-1)9-3-5-11-7-12-9/h3,5,7-8,10H,1-2,4,6H2/t8-/m1/s1. The zero-order valence-electron chi connectivity index (χ0n) is 7.03. The van der Waals surface area contributed by atoms with Crippen LogP contribution in [0.15, 0.2) is 18.6 Å². The Labute approximate surface area is 72.2 Å². The summed E-state index contributed by atoms with van der Waals surface area (Å²) in [6.07, 6.45) is 5.96. The largest absolute Gasteiger partial charge is 0.316 e. The van der Waals surface area contributed by atoms with E-state index in [-0.39, 0.29) is 0 Å². The van der Waals surface area contributed by atoms with Crippen molar-refractivity contribution in [3.63, 3.8) is 0 Å². The van der Waals surface area contributed by atoms with Gasteiger partial charge in [0.15, 0.2) is 0 Å². The van der Waals surface area contributed by atoms with E-state index in [9.17, 15) is 0 Å². The predicted octanol–water partition coefficient (Wildman–Crippen LogP) is 0.944. The number of aromatic nitrogens is 2. The van der Waals surface area contributed by atoms with Crippen LogP contribution in [0.1, 0.15) is 24.5 Å². The first-order valence-electron chi connectivity index (χ1n) is 4.43. The summed E-state index contributed by atoms with van der Waals surface area (Å²) in [6.45, 7) is 2.22. The topological polar surface area (TPSA) is 37.8 Å². The van der Waals surface area contributed by atoms with Crippen molar-refractivity contribution >= 4 is 0 Å². The molecule has 3 nitrogen and oxygen atoms in total. The fourth-order valence-corrected chi connectivity index (χ4v) is 1.65. The molecule has 0 unspecified atom stereocenters. The molecule has 2 rings (SSSR count). The van der Waals surface area contributed by atoms with Crippen LogP contribution >= 0.6 is 0 Å². The van der Waals surface area contributed by atoms with Crippen LogP contribution in [0.5, 0.6) is 0 Å². The maximum absolute atomic E-state index is 4.25. The summed E-state index contributed by atoms with van der Waals surface area (Å²) in [5.41, 5.74) is 1.18. The Balaban J connectivity index is 2.08. The van der Waals surface area contributed by atoms with Crippen LogP contribution in [0.3, 0.4) is 0 Å². The number of hydrogen-bond donors (Lipinski definition) is 1. The van der Waals surface area contributed by atoms with Gasteiger partial charge in [0.1, 0.15) is 6.33 Å². The lowest BCUT2D eigenvalue weighted by Crippen LogP contribution is -2.28. The molecule has 0 amide bonds. The first-order valence-corrected chi connectivity index (χ1v) is 4.43. The smallest absolute Gasteiger partial charge is 0.115 e. The molecule has 1 atom stereocenters. The minimum absolute atomic E-state index is 0.599. The minimum Gasteiger partial charge on any atom is -0.316 e. The average molecular weight is 163 g/mol. The maximum atomic E-state index is 4.25. The maximum Gasteiger partial charge on any atom is 0.115 e. The highest BCUT2D eigenvalue weighted by Gasteiger charge is 2.15. The van der Waals surface area contributed by atoms with Gasteiger partial charge in [-0.1, -0.05) is 0 Å². The highest BCUT2D eigenvalue weighted by Crippen LogP contribution is 2.19. The summed E-state index contributed by atoms with van der Waals surface area (Å²) in [6, 6.07) is 2.01. The molecule has 0 radical (unpaired) electrons. The molecule has 0 aromatic carbocycles. The quantitative estimate of drug-likeness (QED) is 0.669. The Morgan fingerprint density at radius 3 is 3.17 bits per heavy atom. The van der Waals surface area contributed by atoms with Gasteiger partial charge in [0.25, 0.3) is 0 Å². The van der Waals surface area contributed by atoms with Gasteiger partial charge >= 0.3 is 0 Å². The molecule has 3 heteroatoms. The highest BCUT2D eigenvalue weighted by atomic mass is 14.9. The molecule has 1 N–H and O–H groups in total. The summed E-state index contributed by atoms with van der Waals surface area (Å²) in [4.78, 5) is 8.16. The van der Waals surface area contributed by atoms with Crippen molar-refractivity contribution in [3.05, 3.63) is 24.3 Å². The fourth-order valence-electron chi connectivity index (χ4n) is 1.65. The number of nitrogens with one attached hydrogen (secondary N) is 1. The molecule has 1 aliphatic heterocycles. The third-order valence-electron chi connectivity index (χ3n) is 2.32. The SMILES string of the molecule is c1cc([C@@H]2CCCNC2)ncn1. The average Bonchev–Trinajstić information content (AvgIpc) is 2.21. The third-order valence-corrected chi connectivity index (χ3v) is 2.32. The Hall–Kier alpha value is -0.960. The molecule has 0 aliphatic carbocycles. The normalized spacial score (nSPS) is 23.8. The van der Waals surface area contributed by atoms with Gasteiger partial charge in [-0.05, 0) is 25.5 Å². The minimum atomic E-state index is 0.599. The van der Waals surface area contributed by atoms with E-state index in [0.29, 0.717) is 5.92 Å². The first kappa shape index (κ1) is 7.68. The zero-order chi connectivity index (χ0) is 8.23. The van der Waals surface area contributed by atoms with Crippen LogP contribution in [0, 0.1) is 0 Å². The predicted molar refractivity (Wildman–Crippen MR) is 46.9 cm³/mol. The van der Waals surface area contributed by atoms with Crippen molar-refractivity contribution in [2.75, 3.05) is 13.1 Å². The summed E-state index contributed by atoms with van der Waals surface area (Å²) in [5, 5.41) is 3.37. The van der Waals surface area contributed by atoms with E-state index in [2.05, 4.69) is 15.3 Å². The molecule has 2 heterocycles. The lowest BCUT2D eigenvalue weighted by molar-refractivity contribution is 0.454. The summed E-state index contributed by atoms with van der Waals surface area (Å²) < 4.78 is 0. The summed E-state index contributed by atoms with van der Waals surface area (Å²) in [7, 11) is 0. The van der Waals surface area contributed by atoms with Gasteiger partial charge < -0.3 is 5.32 Å². The van der Waals surface area contributed by atoms with Crippen LogP contribution < -0.4 is 5.32 Å². The Morgan fingerprint density at radius 1 is 1.50 bits per heavy atom. The Morgan fingerprint density at radius 2 is 2.50 bits per heavy atom. The molecular weight excluding hydrogens is 150 g/mol. The second-order valence-electron chi connectivity index (χ2n) is 3.18. The lowest BCUT2D eigenvalue weighted by Gasteiger charge is -2.21. The number of hydrogen-bond acceptors (Lipinski definition) is 3. The van der Waals surface area contributed by atoms with Crippen molar-refractivity contribution in [1.29, 1.82) is 0 Å². The molecular formula is C9H13N3. The molecule has 1 aliphatic rings. The van der Waals surface area contributed by atoms with Crippen molar-refractivity contribution in [2.45, 2.75) is 18.8 Å². The molecule has 1 aromatic rings. The summed E-state index contributed by atoms with van der Waals surface area (Å²) in [5.74, 6) is 0.599. The Bertz CT molecular complexity index is 229. The zero-order valence-corrected chi connectivity index (χ0v) is 7.03.